The molecule has 0 aliphatic rings. The molecule has 196 valence electrons. The fourth-order valence-corrected chi connectivity index (χ4v) is 3.76. The Labute approximate surface area is 208 Å². The van der Waals surface area contributed by atoms with Gasteiger partial charge in [0.2, 0.25) is 17.7 Å². The molecule has 0 bridgehead atoms. The van der Waals surface area contributed by atoms with E-state index in [1.807, 2.05) is 38.1 Å². The van der Waals surface area contributed by atoms with E-state index in [4.69, 9.17) is 10.8 Å². The zero-order valence-electron chi connectivity index (χ0n) is 20.2. The van der Waals surface area contributed by atoms with Crippen molar-refractivity contribution in [1.82, 2.24) is 20.9 Å². The number of aliphatic carboxylic acids is 2. The third-order valence-electron chi connectivity index (χ3n) is 5.54. The van der Waals surface area contributed by atoms with E-state index in [1.165, 1.54) is 0 Å². The van der Waals surface area contributed by atoms with Crippen LogP contribution in [0, 0.1) is 5.92 Å². The molecule has 0 fully saturated rings. The van der Waals surface area contributed by atoms with E-state index in [-0.39, 0.29) is 25.2 Å². The van der Waals surface area contributed by atoms with E-state index in [9.17, 15) is 29.1 Å². The Bertz CT molecular complexity index is 1100. The number of rotatable bonds is 14. The standard InChI is InChI=1S/C24H33N5O7/c1-13(2)9-19(24(35)36)29-23(34)18(10-14-12-26-16-6-4-3-5-15(14)16)28-22(33)17(7-8-21(31)32)27-20(30)11-25/h3-6,12-13,17-19,26H,7-11,25H2,1-2H3,(H,27,30)(H,28,33)(H,29,34)(H,31,32)(H,35,36). The van der Waals surface area contributed by atoms with Gasteiger partial charge in [0.1, 0.15) is 18.1 Å². The van der Waals surface area contributed by atoms with Gasteiger partial charge in [0.25, 0.3) is 0 Å². The second kappa shape index (κ2) is 13.2. The van der Waals surface area contributed by atoms with Gasteiger partial charge in [-0.25, -0.2) is 4.79 Å². The first-order valence-corrected chi connectivity index (χ1v) is 11.6. The molecular formula is C24H33N5O7. The summed E-state index contributed by atoms with van der Waals surface area (Å²) in [4.78, 5) is 63.9. The normalized spacial score (nSPS) is 13.6. The fraction of sp³-hybridized carbons (Fsp3) is 0.458. The summed E-state index contributed by atoms with van der Waals surface area (Å²) in [6, 6.07) is 3.73. The molecule has 36 heavy (non-hydrogen) atoms. The maximum atomic E-state index is 13.2. The summed E-state index contributed by atoms with van der Waals surface area (Å²) in [5, 5.41) is 26.8. The zero-order valence-corrected chi connectivity index (χ0v) is 20.2. The van der Waals surface area contributed by atoms with Gasteiger partial charge in [0.05, 0.1) is 6.54 Å². The third-order valence-corrected chi connectivity index (χ3v) is 5.54. The summed E-state index contributed by atoms with van der Waals surface area (Å²) in [6.45, 7) is 3.23. The highest BCUT2D eigenvalue weighted by molar-refractivity contribution is 5.94. The van der Waals surface area contributed by atoms with Crippen LogP contribution in [0.3, 0.4) is 0 Å². The van der Waals surface area contributed by atoms with Gasteiger partial charge in [-0.2, -0.15) is 0 Å². The Balaban J connectivity index is 2.32. The Morgan fingerprint density at radius 1 is 0.944 bits per heavy atom. The second-order valence-electron chi connectivity index (χ2n) is 8.91. The smallest absolute Gasteiger partial charge is 0.326 e. The number of hydrogen-bond donors (Lipinski definition) is 7. The third kappa shape index (κ3) is 8.38. The number of nitrogens with two attached hydrogens (primary N) is 1. The van der Waals surface area contributed by atoms with Crippen LogP contribution < -0.4 is 21.7 Å². The highest BCUT2D eigenvalue weighted by Crippen LogP contribution is 2.19. The minimum atomic E-state index is -1.25. The van der Waals surface area contributed by atoms with Crippen molar-refractivity contribution in [2.45, 2.75) is 57.7 Å². The van der Waals surface area contributed by atoms with Crippen LogP contribution >= 0.6 is 0 Å². The van der Waals surface area contributed by atoms with Crippen LogP contribution in [0.25, 0.3) is 10.9 Å². The molecule has 3 unspecified atom stereocenters. The van der Waals surface area contributed by atoms with Crippen molar-refractivity contribution in [3.8, 4) is 0 Å². The van der Waals surface area contributed by atoms with E-state index < -0.39 is 60.8 Å². The molecule has 0 saturated heterocycles. The summed E-state index contributed by atoms with van der Waals surface area (Å²) in [6.07, 6.45) is 1.27. The van der Waals surface area contributed by atoms with Crippen molar-refractivity contribution in [2.24, 2.45) is 11.7 Å². The Morgan fingerprint density at radius 3 is 2.19 bits per heavy atom. The van der Waals surface area contributed by atoms with Crippen LogP contribution in [0.5, 0.6) is 0 Å². The molecule has 8 N–H and O–H groups in total. The zero-order chi connectivity index (χ0) is 26.8. The number of carbonyl (C=O) groups is 5. The van der Waals surface area contributed by atoms with E-state index in [0.717, 1.165) is 10.9 Å². The topological polar surface area (TPSA) is 204 Å². The molecule has 12 nitrogen and oxygen atoms in total. The van der Waals surface area contributed by atoms with E-state index in [0.29, 0.717) is 5.56 Å². The fourth-order valence-electron chi connectivity index (χ4n) is 3.76. The Kier molecular flexibility index (Phi) is 10.4. The number of aromatic nitrogens is 1. The van der Waals surface area contributed by atoms with Gasteiger partial charge in [0, 0.05) is 29.9 Å². The Morgan fingerprint density at radius 2 is 1.58 bits per heavy atom. The van der Waals surface area contributed by atoms with Gasteiger partial charge >= 0.3 is 11.9 Å². The summed E-state index contributed by atoms with van der Waals surface area (Å²) < 4.78 is 0. The number of para-hydroxylation sites is 1. The first-order valence-electron chi connectivity index (χ1n) is 11.6. The molecule has 3 amide bonds. The predicted octanol–water partition coefficient (Wildman–Crippen LogP) is 0.119. The summed E-state index contributed by atoms with van der Waals surface area (Å²) in [7, 11) is 0. The molecule has 0 aliphatic heterocycles. The van der Waals surface area contributed by atoms with E-state index in [1.54, 1.807) is 6.20 Å². The van der Waals surface area contributed by atoms with Gasteiger partial charge in [-0.15, -0.1) is 0 Å². The minimum Gasteiger partial charge on any atom is -0.481 e. The van der Waals surface area contributed by atoms with Gasteiger partial charge in [-0.1, -0.05) is 32.0 Å². The predicted molar refractivity (Wildman–Crippen MR) is 131 cm³/mol. The molecule has 2 rings (SSSR count). The second-order valence-corrected chi connectivity index (χ2v) is 8.91. The molecule has 3 atom stereocenters. The first-order chi connectivity index (χ1) is 17.0. The van der Waals surface area contributed by atoms with E-state index in [2.05, 4.69) is 20.9 Å². The highest BCUT2D eigenvalue weighted by Gasteiger charge is 2.30. The number of hydrogen-bond acceptors (Lipinski definition) is 6. The molecule has 1 aromatic carbocycles. The van der Waals surface area contributed by atoms with Crippen molar-refractivity contribution >= 4 is 40.6 Å². The molecule has 1 aromatic heterocycles. The number of benzene rings is 1. The van der Waals surface area contributed by atoms with E-state index >= 15 is 0 Å². The number of fused-ring (bicyclic) bond motifs is 1. The summed E-state index contributed by atoms with van der Waals surface area (Å²) >= 11 is 0. The maximum Gasteiger partial charge on any atom is 0.326 e. The van der Waals surface area contributed by atoms with Crippen molar-refractivity contribution in [3.05, 3.63) is 36.0 Å². The Hall–Kier alpha value is -3.93. The van der Waals surface area contributed by atoms with Gasteiger partial charge in [0.15, 0.2) is 0 Å². The maximum absolute atomic E-state index is 13.2. The number of nitrogens with one attached hydrogen (secondary N) is 4. The lowest BCUT2D eigenvalue weighted by Crippen LogP contribution is -2.57. The van der Waals surface area contributed by atoms with Crippen molar-refractivity contribution < 1.29 is 34.2 Å². The lowest BCUT2D eigenvalue weighted by Gasteiger charge is -2.25. The number of carboxylic acid groups (broad SMARTS) is 2. The van der Waals surface area contributed by atoms with Crippen LogP contribution in [0.4, 0.5) is 0 Å². The van der Waals surface area contributed by atoms with Crippen molar-refractivity contribution in [3.63, 3.8) is 0 Å². The van der Waals surface area contributed by atoms with Crippen LogP contribution in [-0.2, 0) is 30.4 Å². The van der Waals surface area contributed by atoms with Gasteiger partial charge in [-0.05, 0) is 30.4 Å². The summed E-state index contributed by atoms with van der Waals surface area (Å²) in [5.74, 6) is -4.55. The average molecular weight is 504 g/mol. The molecule has 1 heterocycles. The molecule has 0 spiro atoms. The van der Waals surface area contributed by atoms with Crippen molar-refractivity contribution in [2.75, 3.05) is 6.54 Å². The average Bonchev–Trinajstić information content (AvgIpc) is 3.22. The quantitative estimate of drug-likeness (QED) is 0.188. The molecule has 12 heteroatoms. The van der Waals surface area contributed by atoms with Crippen LogP contribution in [-0.4, -0.2) is 69.5 Å². The van der Waals surface area contributed by atoms with Crippen LogP contribution in [0.15, 0.2) is 30.5 Å². The lowest BCUT2D eigenvalue weighted by atomic mass is 10.0. The lowest BCUT2D eigenvalue weighted by molar-refractivity contribution is -0.142. The number of amides is 3. The van der Waals surface area contributed by atoms with Crippen molar-refractivity contribution in [1.29, 1.82) is 0 Å². The molecule has 0 radical (unpaired) electrons. The monoisotopic (exact) mass is 503 g/mol. The first kappa shape index (κ1) is 28.3. The van der Waals surface area contributed by atoms with Crippen LogP contribution in [0.2, 0.25) is 0 Å². The molecule has 0 saturated carbocycles. The number of H-pyrrole nitrogens is 1. The molecule has 0 aliphatic carbocycles. The van der Waals surface area contributed by atoms with Gasteiger partial charge in [-0.3, -0.25) is 19.2 Å². The highest BCUT2D eigenvalue weighted by atomic mass is 16.4. The summed E-state index contributed by atoms with van der Waals surface area (Å²) in [5.41, 5.74) is 6.83. The SMILES string of the molecule is CC(C)CC(NC(=O)C(Cc1c[nH]c2ccccc12)NC(=O)C(CCC(=O)O)NC(=O)CN)C(=O)O. The number of aromatic amines is 1. The number of carboxylic acids is 2. The van der Waals surface area contributed by atoms with Gasteiger partial charge < -0.3 is 36.9 Å². The number of carbonyl (C=O) groups excluding carboxylic acids is 3. The largest absolute Gasteiger partial charge is 0.481 e. The minimum absolute atomic E-state index is 0.0140. The van der Waals surface area contributed by atoms with Crippen LogP contribution in [0.1, 0.15) is 38.7 Å². The molecule has 2 aromatic rings. The molecular weight excluding hydrogens is 470 g/mol.